The number of halogens is 4. The molecule has 1 aromatic carbocycles. The van der Waals surface area contributed by atoms with Crippen LogP contribution in [0.2, 0.25) is 0 Å². The van der Waals surface area contributed by atoms with Crippen LogP contribution in [0.4, 0.5) is 13.2 Å². The maximum atomic E-state index is 12.5. The van der Waals surface area contributed by atoms with Crippen LogP contribution in [0.25, 0.3) is 0 Å². The summed E-state index contributed by atoms with van der Waals surface area (Å²) in [5.74, 6) is -0.128. The number of hydrogen-bond donors (Lipinski definition) is 0. The number of alkyl halides is 3. The molecule has 0 aliphatic rings. The van der Waals surface area contributed by atoms with Crippen LogP contribution in [0.3, 0.4) is 0 Å². The van der Waals surface area contributed by atoms with Gasteiger partial charge in [-0.05, 0) is 24.3 Å². The lowest BCUT2D eigenvalue weighted by Crippen LogP contribution is -2.04. The van der Waals surface area contributed by atoms with Gasteiger partial charge in [-0.3, -0.25) is 0 Å². The molecule has 0 saturated carbocycles. The largest absolute Gasteiger partial charge is 0.439 e. The van der Waals surface area contributed by atoms with Crippen LogP contribution in [0.15, 0.2) is 47.5 Å². The van der Waals surface area contributed by atoms with Crippen molar-refractivity contribution in [2.45, 2.75) is 11.1 Å². The van der Waals surface area contributed by atoms with Gasteiger partial charge >= 0.3 is 6.18 Å². The van der Waals surface area contributed by atoms with E-state index < -0.39 is 20.8 Å². The lowest BCUT2D eigenvalue weighted by molar-refractivity contribution is -0.137. The Hall–Kier alpha value is -1.80. The molecule has 0 radical (unpaired) electrons. The number of benzene rings is 1. The van der Waals surface area contributed by atoms with Gasteiger partial charge in [-0.25, -0.2) is 13.4 Å². The minimum absolute atomic E-state index is 0.0570. The predicted octanol–water partition coefficient (Wildman–Crippen LogP) is 3.82. The molecule has 0 aliphatic carbocycles. The minimum Gasteiger partial charge on any atom is -0.439 e. The van der Waals surface area contributed by atoms with Crippen molar-refractivity contribution in [2.24, 2.45) is 0 Å². The maximum Gasteiger partial charge on any atom is 0.416 e. The van der Waals surface area contributed by atoms with Gasteiger partial charge in [0.15, 0.2) is 0 Å². The summed E-state index contributed by atoms with van der Waals surface area (Å²) in [6.45, 7) is 0. The Bertz CT molecular complexity index is 745. The molecule has 2 rings (SSSR count). The molecule has 21 heavy (non-hydrogen) atoms. The van der Waals surface area contributed by atoms with Crippen LogP contribution in [0.5, 0.6) is 11.6 Å². The zero-order valence-electron chi connectivity index (χ0n) is 10.1. The summed E-state index contributed by atoms with van der Waals surface area (Å²) in [7, 11) is 1.20. The second kappa shape index (κ2) is 5.53. The molecule has 0 aliphatic heterocycles. The third-order valence-electron chi connectivity index (χ3n) is 2.37. The van der Waals surface area contributed by atoms with Gasteiger partial charge < -0.3 is 4.74 Å². The van der Waals surface area contributed by atoms with Crippen LogP contribution in [-0.4, -0.2) is 13.4 Å². The molecule has 0 unspecified atom stereocenters. The Kier molecular flexibility index (Phi) is 4.11. The van der Waals surface area contributed by atoms with Crippen molar-refractivity contribution in [3.8, 4) is 11.6 Å². The summed E-state index contributed by atoms with van der Waals surface area (Å²) in [4.78, 5) is 3.43. The quantitative estimate of drug-likeness (QED) is 0.799. The van der Waals surface area contributed by atoms with Crippen molar-refractivity contribution in [1.82, 2.24) is 4.98 Å². The highest BCUT2D eigenvalue weighted by Gasteiger charge is 2.30. The van der Waals surface area contributed by atoms with E-state index in [9.17, 15) is 21.6 Å². The first-order valence-electron chi connectivity index (χ1n) is 5.42. The summed E-state index contributed by atoms with van der Waals surface area (Å²) in [5.41, 5.74) is -0.861. The number of hydrogen-bond acceptors (Lipinski definition) is 4. The average molecular weight is 338 g/mol. The number of rotatable bonds is 3. The standard InChI is InChI=1S/C12H7ClF3NO3S/c13-21(18,19)10-4-5-11(17-7-10)20-9-3-1-2-8(6-9)12(14,15)16/h1-7H. The van der Waals surface area contributed by atoms with E-state index in [1.807, 2.05) is 0 Å². The van der Waals surface area contributed by atoms with Gasteiger partial charge in [0.2, 0.25) is 5.88 Å². The monoisotopic (exact) mass is 337 g/mol. The van der Waals surface area contributed by atoms with Gasteiger partial charge in [0, 0.05) is 16.7 Å². The second-order valence-corrected chi connectivity index (χ2v) is 6.46. The Labute approximate surface area is 122 Å². The molecule has 0 fully saturated rings. The highest BCUT2D eigenvalue weighted by atomic mass is 35.7. The first-order chi connectivity index (χ1) is 9.66. The first kappa shape index (κ1) is 15.6. The molecule has 0 atom stereocenters. The van der Waals surface area contributed by atoms with E-state index in [2.05, 4.69) is 4.98 Å². The molecule has 1 aromatic heterocycles. The molecular weight excluding hydrogens is 331 g/mol. The van der Waals surface area contributed by atoms with Crippen LogP contribution in [0.1, 0.15) is 5.56 Å². The normalized spacial score (nSPS) is 12.2. The Morgan fingerprint density at radius 3 is 2.38 bits per heavy atom. The molecule has 0 bridgehead atoms. The molecule has 0 spiro atoms. The Morgan fingerprint density at radius 1 is 1.14 bits per heavy atom. The molecule has 2 aromatic rings. The predicted molar refractivity (Wildman–Crippen MR) is 68.8 cm³/mol. The molecule has 112 valence electrons. The average Bonchev–Trinajstić information content (AvgIpc) is 2.37. The van der Waals surface area contributed by atoms with Gasteiger partial charge in [0.1, 0.15) is 10.6 Å². The molecule has 4 nitrogen and oxygen atoms in total. The van der Waals surface area contributed by atoms with Gasteiger partial charge in [0.25, 0.3) is 9.05 Å². The molecule has 9 heteroatoms. The summed E-state index contributed by atoms with van der Waals surface area (Å²) >= 11 is 0. The smallest absolute Gasteiger partial charge is 0.416 e. The fourth-order valence-corrected chi connectivity index (χ4v) is 2.11. The van der Waals surface area contributed by atoms with Gasteiger partial charge in [0.05, 0.1) is 11.8 Å². The molecule has 0 saturated heterocycles. The number of aromatic nitrogens is 1. The zero-order chi connectivity index (χ0) is 15.7. The van der Waals surface area contributed by atoms with Gasteiger partial charge in [-0.1, -0.05) is 6.07 Å². The topological polar surface area (TPSA) is 56.3 Å². The SMILES string of the molecule is O=S(=O)(Cl)c1ccc(Oc2cccc(C(F)(F)F)c2)nc1. The molecule has 0 N–H and O–H groups in total. The maximum absolute atomic E-state index is 12.5. The minimum atomic E-state index is -4.48. The molecule has 0 amide bonds. The van der Waals surface area contributed by atoms with Crippen molar-refractivity contribution < 1.29 is 26.3 Å². The highest BCUT2D eigenvalue weighted by molar-refractivity contribution is 8.13. The summed E-state index contributed by atoms with van der Waals surface area (Å²) < 4.78 is 64.8. The summed E-state index contributed by atoms with van der Waals surface area (Å²) in [5, 5.41) is 0. The first-order valence-corrected chi connectivity index (χ1v) is 7.73. The Balaban J connectivity index is 2.23. The van der Waals surface area contributed by atoms with Crippen molar-refractivity contribution in [1.29, 1.82) is 0 Å². The second-order valence-electron chi connectivity index (χ2n) is 3.90. The van der Waals surface area contributed by atoms with Crippen LogP contribution >= 0.6 is 10.7 Å². The van der Waals surface area contributed by atoms with Crippen molar-refractivity contribution in [3.05, 3.63) is 48.2 Å². The highest BCUT2D eigenvalue weighted by Crippen LogP contribution is 2.32. The van der Waals surface area contributed by atoms with Crippen LogP contribution < -0.4 is 4.74 Å². The lowest BCUT2D eigenvalue weighted by atomic mass is 10.2. The van der Waals surface area contributed by atoms with Crippen LogP contribution in [-0.2, 0) is 15.2 Å². The Morgan fingerprint density at radius 2 is 1.86 bits per heavy atom. The zero-order valence-corrected chi connectivity index (χ0v) is 11.7. The molecule has 1 heterocycles. The lowest BCUT2D eigenvalue weighted by Gasteiger charge is -2.09. The fourth-order valence-electron chi connectivity index (χ4n) is 1.43. The third-order valence-corrected chi connectivity index (χ3v) is 3.71. The molecular formula is C12H7ClF3NO3S. The number of pyridine rings is 1. The van der Waals surface area contributed by atoms with E-state index in [-0.39, 0.29) is 16.5 Å². The summed E-state index contributed by atoms with van der Waals surface area (Å²) in [6, 6.07) is 6.56. The van der Waals surface area contributed by atoms with E-state index in [4.69, 9.17) is 15.4 Å². The van der Waals surface area contributed by atoms with E-state index in [1.54, 1.807) is 0 Å². The number of nitrogens with zero attached hydrogens (tertiary/aromatic N) is 1. The number of ether oxygens (including phenoxy) is 1. The van der Waals surface area contributed by atoms with Crippen molar-refractivity contribution in [3.63, 3.8) is 0 Å². The van der Waals surface area contributed by atoms with Crippen LogP contribution in [0, 0.1) is 0 Å². The van der Waals surface area contributed by atoms with Crippen molar-refractivity contribution in [2.75, 3.05) is 0 Å². The van der Waals surface area contributed by atoms with Gasteiger partial charge in [-0.15, -0.1) is 0 Å². The van der Waals surface area contributed by atoms with E-state index in [1.165, 1.54) is 18.2 Å². The van der Waals surface area contributed by atoms with E-state index in [0.717, 1.165) is 24.4 Å². The summed E-state index contributed by atoms with van der Waals surface area (Å²) in [6.07, 6.45) is -3.53. The van der Waals surface area contributed by atoms with Gasteiger partial charge in [-0.2, -0.15) is 13.2 Å². The van der Waals surface area contributed by atoms with Crippen molar-refractivity contribution >= 4 is 19.7 Å². The fraction of sp³-hybridized carbons (Fsp3) is 0.0833. The van der Waals surface area contributed by atoms with E-state index >= 15 is 0 Å². The third kappa shape index (κ3) is 4.08. The van der Waals surface area contributed by atoms with E-state index in [0.29, 0.717) is 0 Å².